The molecule has 0 unspecified atom stereocenters. The lowest BCUT2D eigenvalue weighted by atomic mass is 9.94. The molecular weight excluding hydrogens is 523 g/mol. The van der Waals surface area contributed by atoms with Crippen LogP contribution in [0.15, 0.2) is 71.5 Å². The number of carbonyl (C=O) groups is 1. The van der Waals surface area contributed by atoms with Gasteiger partial charge in [-0.2, -0.15) is 0 Å². The van der Waals surface area contributed by atoms with Crippen LogP contribution < -0.4 is 15.6 Å². The molecule has 3 aromatic carbocycles. The van der Waals surface area contributed by atoms with Gasteiger partial charge in [0.15, 0.2) is 5.81 Å². The summed E-state index contributed by atoms with van der Waals surface area (Å²) >= 11 is 0. The van der Waals surface area contributed by atoms with Crippen LogP contribution in [0.4, 0.5) is 4.79 Å². The second kappa shape index (κ2) is 11.8. The molecule has 1 amide bonds. The fraction of sp³-hybridized carbons (Fsp3) is 0.294. The predicted molar refractivity (Wildman–Crippen MR) is 170 cm³/mol. The average molecular weight is 561 g/mol. The molecule has 0 fully saturated rings. The van der Waals surface area contributed by atoms with E-state index in [0.29, 0.717) is 23.4 Å². The van der Waals surface area contributed by atoms with E-state index in [1.807, 2.05) is 67.6 Å². The molecule has 1 aromatic heterocycles. The Morgan fingerprint density at radius 2 is 1.86 bits per heavy atom. The van der Waals surface area contributed by atoms with Crippen LogP contribution in [0.1, 0.15) is 67.4 Å². The van der Waals surface area contributed by atoms with Crippen LogP contribution in [-0.2, 0) is 19.3 Å². The summed E-state index contributed by atoms with van der Waals surface area (Å²) < 4.78 is 7.90. The van der Waals surface area contributed by atoms with Gasteiger partial charge in [0, 0.05) is 17.5 Å². The number of fused-ring (bicyclic) bond motifs is 1. The molecule has 2 heterocycles. The molecule has 0 spiro atoms. The third-order valence-corrected chi connectivity index (χ3v) is 7.74. The Morgan fingerprint density at radius 3 is 2.57 bits per heavy atom. The number of hydrogen-bond acceptors (Lipinski definition) is 5. The third kappa shape index (κ3) is 6.08. The van der Waals surface area contributed by atoms with Gasteiger partial charge >= 0.3 is 0 Å². The van der Waals surface area contributed by atoms with Crippen molar-refractivity contribution in [1.29, 1.82) is 5.41 Å². The number of rotatable bonds is 7. The molecule has 0 saturated heterocycles. The largest absolute Gasteiger partial charge is 0.488 e. The average Bonchev–Trinajstić information content (AvgIpc) is 2.95. The summed E-state index contributed by atoms with van der Waals surface area (Å²) in [5, 5.41) is 10.9. The summed E-state index contributed by atoms with van der Waals surface area (Å²) in [5.74, 6) is 1.34. The maximum Gasteiger partial charge on any atom is 0.261 e. The van der Waals surface area contributed by atoms with E-state index >= 15 is 0 Å². The second-order valence-corrected chi connectivity index (χ2v) is 11.6. The van der Waals surface area contributed by atoms with Gasteiger partial charge in [0.1, 0.15) is 23.0 Å². The second-order valence-electron chi connectivity index (χ2n) is 11.6. The van der Waals surface area contributed by atoms with Crippen molar-refractivity contribution >= 4 is 19.5 Å². The predicted octanol–water partition coefficient (Wildman–Crippen LogP) is 5.52. The van der Waals surface area contributed by atoms with Gasteiger partial charge in [0.2, 0.25) is 7.85 Å². The van der Waals surface area contributed by atoms with Crippen LogP contribution in [-0.4, -0.2) is 34.6 Å². The van der Waals surface area contributed by atoms with Gasteiger partial charge in [0.05, 0.1) is 11.4 Å². The lowest BCUT2D eigenvalue weighted by molar-refractivity contribution is 0.0847. The maximum atomic E-state index is 14.1. The van der Waals surface area contributed by atoms with Crippen LogP contribution in [0.2, 0.25) is 0 Å². The zero-order valence-electron chi connectivity index (χ0n) is 25.0. The van der Waals surface area contributed by atoms with Crippen LogP contribution in [0.5, 0.6) is 5.75 Å². The molecule has 1 aliphatic heterocycles. The number of carbonyl (C=O) groups excluding carboxylic acids is 1. The lowest BCUT2D eigenvalue weighted by Gasteiger charge is -2.32. The Labute approximate surface area is 247 Å². The minimum atomic E-state index is -0.280. The molecule has 214 valence electrons. The van der Waals surface area contributed by atoms with Gasteiger partial charge in [-0.3, -0.25) is 19.6 Å². The van der Waals surface area contributed by atoms with Crippen LogP contribution in [0.3, 0.4) is 0 Å². The molecule has 0 radical (unpaired) electrons. The smallest absolute Gasteiger partial charge is 0.261 e. The molecule has 1 aliphatic rings. The summed E-state index contributed by atoms with van der Waals surface area (Å²) in [5.41, 5.74) is 6.67. The molecule has 8 heteroatoms. The van der Waals surface area contributed by atoms with Crippen molar-refractivity contribution in [1.82, 2.24) is 14.9 Å². The highest BCUT2D eigenvalue weighted by atomic mass is 16.5. The number of nitrogens with zero attached hydrogens (tertiary/aromatic N) is 2. The molecule has 2 N–H and O–H groups in total. The van der Waals surface area contributed by atoms with Crippen LogP contribution in [0.25, 0.3) is 16.8 Å². The highest BCUT2D eigenvalue weighted by Gasteiger charge is 2.27. The SMILES string of the molecule is BC(=O)NC(=N)c1ccccc1-c1ccc(Cc2c(CCC)nc(C)n(-c3ccc4c(c3)CCC(C)(C)O4)c2=O)cc1. The molecule has 0 saturated carbocycles. The summed E-state index contributed by atoms with van der Waals surface area (Å²) in [6.07, 6.45) is 3.91. The highest BCUT2D eigenvalue weighted by Crippen LogP contribution is 2.34. The number of nitrogens with one attached hydrogen (secondary N) is 2. The minimum absolute atomic E-state index is 0.0406. The van der Waals surface area contributed by atoms with Crippen molar-refractivity contribution in [3.8, 4) is 22.6 Å². The molecular formula is C34H37BN4O3. The number of benzene rings is 3. The zero-order chi connectivity index (χ0) is 30.0. The van der Waals surface area contributed by atoms with Crippen molar-refractivity contribution in [2.75, 3.05) is 0 Å². The fourth-order valence-electron chi connectivity index (χ4n) is 5.63. The van der Waals surface area contributed by atoms with E-state index in [-0.39, 0.29) is 22.8 Å². The summed E-state index contributed by atoms with van der Waals surface area (Å²) in [4.78, 5) is 30.5. The Kier molecular flexibility index (Phi) is 8.16. The van der Waals surface area contributed by atoms with Crippen molar-refractivity contribution in [3.05, 3.63) is 111 Å². The van der Waals surface area contributed by atoms with Crippen molar-refractivity contribution in [2.24, 2.45) is 0 Å². The number of amidine groups is 1. The molecule has 0 bridgehead atoms. The van der Waals surface area contributed by atoms with E-state index in [9.17, 15) is 9.59 Å². The Hall–Kier alpha value is -4.46. The van der Waals surface area contributed by atoms with E-state index < -0.39 is 0 Å². The highest BCUT2D eigenvalue weighted by molar-refractivity contribution is 6.58. The first-order valence-electron chi connectivity index (χ1n) is 14.5. The molecule has 42 heavy (non-hydrogen) atoms. The quantitative estimate of drug-likeness (QED) is 0.177. The first-order chi connectivity index (χ1) is 20.1. The number of aryl methyl sites for hydroxylation is 3. The van der Waals surface area contributed by atoms with Gasteiger partial charge in [0.25, 0.3) is 5.56 Å². The van der Waals surface area contributed by atoms with E-state index in [4.69, 9.17) is 15.1 Å². The first-order valence-corrected chi connectivity index (χ1v) is 14.5. The van der Waals surface area contributed by atoms with E-state index in [1.54, 1.807) is 4.57 Å². The standard InChI is InChI=1S/C34H37BN4O3/c1-5-8-29-28(19-22-11-13-23(14-12-22)26-9-6-7-10-27(26)31(36)38-33(35)41)32(40)39(21(2)37-29)25-15-16-30-24(20-25)17-18-34(3,4)42-30/h6-7,9-16,20H,5,8,17-19,35H2,1-4H3,(H2,36,38,41). The summed E-state index contributed by atoms with van der Waals surface area (Å²) in [7, 11) is 1.40. The Morgan fingerprint density at radius 1 is 1.12 bits per heavy atom. The van der Waals surface area contributed by atoms with Crippen molar-refractivity contribution < 1.29 is 9.53 Å². The Bertz CT molecular complexity index is 1720. The van der Waals surface area contributed by atoms with Crippen molar-refractivity contribution in [2.45, 2.75) is 65.4 Å². The van der Waals surface area contributed by atoms with Crippen molar-refractivity contribution in [3.63, 3.8) is 0 Å². The summed E-state index contributed by atoms with van der Waals surface area (Å²) in [6, 6.07) is 21.6. The van der Waals surface area contributed by atoms with Gasteiger partial charge in [-0.15, -0.1) is 0 Å². The summed E-state index contributed by atoms with van der Waals surface area (Å²) in [6.45, 7) is 8.20. The van der Waals surface area contributed by atoms with Gasteiger partial charge in [-0.05, 0) is 80.5 Å². The van der Waals surface area contributed by atoms with E-state index in [0.717, 1.165) is 65.1 Å². The molecule has 4 aromatic rings. The topological polar surface area (TPSA) is 97.1 Å². The normalized spacial score (nSPS) is 13.6. The number of amides is 1. The third-order valence-electron chi connectivity index (χ3n) is 7.74. The first kappa shape index (κ1) is 29.1. The monoisotopic (exact) mass is 560 g/mol. The van der Waals surface area contributed by atoms with Gasteiger partial charge in [-0.1, -0.05) is 61.9 Å². The molecule has 5 rings (SSSR count). The molecule has 7 nitrogen and oxygen atoms in total. The van der Waals surface area contributed by atoms with Gasteiger partial charge in [-0.25, -0.2) is 4.98 Å². The Balaban J connectivity index is 1.49. The van der Waals surface area contributed by atoms with Crippen LogP contribution >= 0.6 is 0 Å². The molecule has 0 aliphatic carbocycles. The minimum Gasteiger partial charge on any atom is -0.488 e. The van der Waals surface area contributed by atoms with E-state index in [1.165, 1.54) is 7.85 Å². The molecule has 0 atom stereocenters. The van der Waals surface area contributed by atoms with Crippen LogP contribution in [0, 0.1) is 12.3 Å². The lowest BCUT2D eigenvalue weighted by Crippen LogP contribution is -2.33. The number of hydrogen-bond donors (Lipinski definition) is 2. The fourth-order valence-corrected chi connectivity index (χ4v) is 5.63. The maximum absolute atomic E-state index is 14.1. The number of aromatic nitrogens is 2. The van der Waals surface area contributed by atoms with E-state index in [2.05, 4.69) is 32.2 Å². The number of ether oxygens (including phenoxy) is 1. The van der Waals surface area contributed by atoms with Gasteiger partial charge < -0.3 is 10.1 Å². The zero-order valence-corrected chi connectivity index (χ0v) is 25.0.